The SMILES string of the molecule is CN(C(=O)C1CCCCN1C(=O)OCc1ccccc1)C1CCN(c2ccc(NC(=O)Nc3ccc(OC4CCCC4)cc3)cc2)C1. The average Bonchev–Trinajstić information content (AvgIpc) is 3.81. The maximum atomic E-state index is 13.7. The number of hydrogen-bond donors (Lipinski definition) is 2. The van der Waals surface area contributed by atoms with Crippen LogP contribution in [-0.4, -0.2) is 72.7 Å². The van der Waals surface area contributed by atoms with Gasteiger partial charge in [0, 0.05) is 43.7 Å². The van der Waals surface area contributed by atoms with E-state index in [0.717, 1.165) is 55.6 Å². The van der Waals surface area contributed by atoms with Gasteiger partial charge in [0.25, 0.3) is 0 Å². The number of hydrogen-bond acceptors (Lipinski definition) is 6. The van der Waals surface area contributed by atoms with E-state index in [9.17, 15) is 14.4 Å². The van der Waals surface area contributed by atoms with Gasteiger partial charge in [-0.2, -0.15) is 0 Å². The van der Waals surface area contributed by atoms with Gasteiger partial charge in [-0.1, -0.05) is 30.3 Å². The summed E-state index contributed by atoms with van der Waals surface area (Å²) >= 11 is 0. The van der Waals surface area contributed by atoms with Gasteiger partial charge in [-0.3, -0.25) is 9.69 Å². The molecule has 47 heavy (non-hydrogen) atoms. The molecule has 2 unspecified atom stereocenters. The predicted molar refractivity (Wildman–Crippen MR) is 183 cm³/mol. The lowest BCUT2D eigenvalue weighted by molar-refractivity contribution is -0.138. The quantitative estimate of drug-likeness (QED) is 0.265. The Morgan fingerprint density at radius 2 is 1.45 bits per heavy atom. The topological polar surface area (TPSA) is 103 Å². The summed E-state index contributed by atoms with van der Waals surface area (Å²) < 4.78 is 11.6. The number of nitrogens with one attached hydrogen (secondary N) is 2. The molecule has 3 aromatic rings. The number of ether oxygens (including phenoxy) is 2. The molecule has 3 aliphatic rings. The molecular formula is C37H45N5O5. The summed E-state index contributed by atoms with van der Waals surface area (Å²) in [5.74, 6) is 0.795. The molecule has 0 spiro atoms. The Hall–Kier alpha value is -4.73. The molecule has 2 N–H and O–H groups in total. The second kappa shape index (κ2) is 15.2. The number of likely N-dealkylation sites (N-methyl/N-ethyl adjacent to an activating group) is 1. The fraction of sp³-hybridized carbons (Fsp3) is 0.432. The van der Waals surface area contributed by atoms with Crippen molar-refractivity contribution < 1.29 is 23.9 Å². The Labute approximate surface area is 277 Å². The third-order valence-corrected chi connectivity index (χ3v) is 9.49. The Morgan fingerprint density at radius 3 is 2.15 bits per heavy atom. The first-order valence-electron chi connectivity index (χ1n) is 16.9. The van der Waals surface area contributed by atoms with E-state index in [-0.39, 0.29) is 24.6 Å². The molecule has 4 amide bonds. The molecule has 0 aromatic heterocycles. The summed E-state index contributed by atoms with van der Waals surface area (Å²) in [6.07, 6.45) is 7.75. The first kappa shape index (κ1) is 32.2. The molecule has 1 saturated carbocycles. The lowest BCUT2D eigenvalue weighted by Crippen LogP contribution is -2.54. The summed E-state index contributed by atoms with van der Waals surface area (Å²) in [6.45, 7) is 2.22. The van der Waals surface area contributed by atoms with Crippen LogP contribution in [0, 0.1) is 0 Å². The van der Waals surface area contributed by atoms with E-state index in [4.69, 9.17) is 9.47 Å². The molecule has 2 aliphatic heterocycles. The zero-order valence-electron chi connectivity index (χ0n) is 27.1. The number of amides is 4. The maximum Gasteiger partial charge on any atom is 0.410 e. The van der Waals surface area contributed by atoms with Crippen LogP contribution < -0.4 is 20.3 Å². The average molecular weight is 640 g/mol. The van der Waals surface area contributed by atoms with Gasteiger partial charge in [0.05, 0.1) is 12.1 Å². The van der Waals surface area contributed by atoms with Gasteiger partial charge in [0.15, 0.2) is 0 Å². The number of likely N-dealkylation sites (tertiary alicyclic amines) is 1. The third kappa shape index (κ3) is 8.36. The van der Waals surface area contributed by atoms with Crippen LogP contribution in [0.25, 0.3) is 0 Å². The Balaban J connectivity index is 0.972. The molecule has 2 saturated heterocycles. The number of urea groups is 1. The molecule has 10 nitrogen and oxygen atoms in total. The summed E-state index contributed by atoms with van der Waals surface area (Å²) in [5.41, 5.74) is 3.33. The highest BCUT2D eigenvalue weighted by atomic mass is 16.6. The van der Waals surface area contributed by atoms with Gasteiger partial charge < -0.3 is 29.9 Å². The zero-order valence-corrected chi connectivity index (χ0v) is 27.1. The maximum absolute atomic E-state index is 13.7. The van der Waals surface area contributed by atoms with Crippen LogP contribution >= 0.6 is 0 Å². The number of rotatable bonds is 9. The van der Waals surface area contributed by atoms with Gasteiger partial charge in [0.1, 0.15) is 18.4 Å². The smallest absolute Gasteiger partial charge is 0.410 e. The fourth-order valence-electron chi connectivity index (χ4n) is 6.78. The fourth-order valence-corrected chi connectivity index (χ4v) is 6.78. The molecular weight excluding hydrogens is 594 g/mol. The van der Waals surface area contributed by atoms with Crippen molar-refractivity contribution in [2.24, 2.45) is 0 Å². The molecule has 248 valence electrons. The molecule has 0 bridgehead atoms. The molecule has 3 aromatic carbocycles. The van der Waals surface area contributed by atoms with Crippen LogP contribution in [-0.2, 0) is 16.1 Å². The molecule has 2 heterocycles. The minimum absolute atomic E-state index is 0.0325. The monoisotopic (exact) mass is 639 g/mol. The standard InChI is InChI=1S/C37H45N5O5/c1-40(35(43)34-13-7-8-23-42(34)37(45)46-26-27-9-3-2-4-10-27)31-22-24-41(25-31)30-18-14-28(15-19-30)38-36(44)39-29-16-20-33(21-17-29)47-32-11-5-6-12-32/h2-4,9-10,14-21,31-32,34H,5-8,11-13,22-26H2,1H3,(H2,38,39,44). The Kier molecular flexibility index (Phi) is 10.4. The molecule has 1 aliphatic carbocycles. The Morgan fingerprint density at radius 1 is 0.787 bits per heavy atom. The lowest BCUT2D eigenvalue weighted by atomic mass is 10.0. The van der Waals surface area contributed by atoms with E-state index in [2.05, 4.69) is 15.5 Å². The van der Waals surface area contributed by atoms with Crippen molar-refractivity contribution >= 4 is 35.1 Å². The van der Waals surface area contributed by atoms with E-state index < -0.39 is 12.1 Å². The minimum atomic E-state index is -0.509. The van der Waals surface area contributed by atoms with Gasteiger partial charge >= 0.3 is 12.1 Å². The summed E-state index contributed by atoms with van der Waals surface area (Å²) in [5, 5.41) is 5.77. The van der Waals surface area contributed by atoms with Gasteiger partial charge in [-0.15, -0.1) is 0 Å². The minimum Gasteiger partial charge on any atom is -0.490 e. The van der Waals surface area contributed by atoms with Crippen molar-refractivity contribution in [2.45, 2.75) is 76.2 Å². The largest absolute Gasteiger partial charge is 0.490 e. The first-order valence-corrected chi connectivity index (χ1v) is 16.9. The number of carbonyl (C=O) groups is 3. The van der Waals surface area contributed by atoms with Crippen LogP contribution in [0.15, 0.2) is 78.9 Å². The first-order chi connectivity index (χ1) is 22.9. The van der Waals surface area contributed by atoms with E-state index in [0.29, 0.717) is 37.0 Å². The van der Waals surface area contributed by atoms with E-state index in [1.807, 2.05) is 90.8 Å². The van der Waals surface area contributed by atoms with E-state index in [1.54, 1.807) is 4.90 Å². The summed E-state index contributed by atoms with van der Waals surface area (Å²) in [4.78, 5) is 45.0. The second-order valence-electron chi connectivity index (χ2n) is 12.8. The van der Waals surface area contributed by atoms with E-state index in [1.165, 1.54) is 12.8 Å². The van der Waals surface area contributed by atoms with E-state index >= 15 is 0 Å². The van der Waals surface area contributed by atoms with Gasteiger partial charge in [-0.25, -0.2) is 9.59 Å². The number of benzene rings is 3. The van der Waals surface area contributed by atoms with Crippen LogP contribution in [0.4, 0.5) is 26.7 Å². The highest BCUT2D eigenvalue weighted by molar-refractivity contribution is 5.99. The number of nitrogens with zero attached hydrogens (tertiary/aromatic N) is 3. The molecule has 10 heteroatoms. The zero-order chi connectivity index (χ0) is 32.6. The second-order valence-corrected chi connectivity index (χ2v) is 12.8. The van der Waals surface area contributed by atoms with Crippen molar-refractivity contribution in [2.75, 3.05) is 42.2 Å². The molecule has 2 atom stereocenters. The number of carbonyl (C=O) groups excluding carboxylic acids is 3. The lowest BCUT2D eigenvalue weighted by Gasteiger charge is -2.37. The predicted octanol–water partition coefficient (Wildman–Crippen LogP) is 6.88. The van der Waals surface area contributed by atoms with Crippen LogP contribution in [0.3, 0.4) is 0 Å². The summed E-state index contributed by atoms with van der Waals surface area (Å²) in [6, 6.07) is 24.0. The van der Waals surface area contributed by atoms with Crippen LogP contribution in [0.5, 0.6) is 5.75 Å². The number of anilines is 3. The van der Waals surface area contributed by atoms with Crippen LogP contribution in [0.1, 0.15) is 56.9 Å². The van der Waals surface area contributed by atoms with Crippen molar-refractivity contribution in [3.8, 4) is 5.75 Å². The van der Waals surface area contributed by atoms with Crippen molar-refractivity contribution in [3.63, 3.8) is 0 Å². The third-order valence-electron chi connectivity index (χ3n) is 9.49. The molecule has 6 rings (SSSR count). The normalized spacial score (nSPS) is 19.7. The summed E-state index contributed by atoms with van der Waals surface area (Å²) in [7, 11) is 1.85. The number of piperidine rings is 1. The van der Waals surface area contributed by atoms with Crippen LogP contribution in [0.2, 0.25) is 0 Å². The Bertz CT molecular complexity index is 1490. The highest BCUT2D eigenvalue weighted by Gasteiger charge is 2.38. The van der Waals surface area contributed by atoms with Gasteiger partial charge in [0.2, 0.25) is 5.91 Å². The molecule has 3 fully saturated rings. The van der Waals surface area contributed by atoms with Crippen molar-refractivity contribution in [3.05, 3.63) is 84.4 Å². The van der Waals surface area contributed by atoms with Crippen molar-refractivity contribution in [1.82, 2.24) is 9.80 Å². The highest BCUT2D eigenvalue weighted by Crippen LogP contribution is 2.28. The van der Waals surface area contributed by atoms with Gasteiger partial charge in [-0.05, 0) is 105 Å². The molecule has 0 radical (unpaired) electrons. The van der Waals surface area contributed by atoms with Crippen molar-refractivity contribution in [1.29, 1.82) is 0 Å².